The molecule has 0 heterocycles. The number of fused-ring (bicyclic) bond motifs is 5. The maximum atomic E-state index is 10.2. The summed E-state index contributed by atoms with van der Waals surface area (Å²) in [5.74, 6) is 3.84. The van der Waals surface area contributed by atoms with Crippen LogP contribution in [0.4, 0.5) is 0 Å². The molecule has 0 aliphatic heterocycles. The first-order chi connectivity index (χ1) is 14.2. The third-order valence-corrected chi connectivity index (χ3v) is 10.2. The van der Waals surface area contributed by atoms with Gasteiger partial charge in [-0.15, -0.1) is 0 Å². The lowest BCUT2D eigenvalue weighted by Crippen LogP contribution is -2.46. The zero-order chi connectivity index (χ0) is 21.7. The highest BCUT2D eigenvalue weighted by Crippen LogP contribution is 2.66. The highest BCUT2D eigenvalue weighted by atomic mass is 16.3. The van der Waals surface area contributed by atoms with E-state index in [0.717, 1.165) is 36.5 Å². The summed E-state index contributed by atoms with van der Waals surface area (Å²) in [7, 11) is 0. The molecule has 0 bridgehead atoms. The molecule has 0 radical (unpaired) electrons. The summed E-state index contributed by atoms with van der Waals surface area (Å²) in [5, 5.41) is 10.2. The molecule has 0 aromatic rings. The van der Waals surface area contributed by atoms with Crippen LogP contribution in [0, 0.1) is 40.4 Å². The molecule has 1 heteroatoms. The molecule has 0 spiro atoms. The summed E-state index contributed by atoms with van der Waals surface area (Å²) < 4.78 is 0. The molecule has 1 N–H and O–H groups in total. The highest BCUT2D eigenvalue weighted by Gasteiger charge is 2.56. The van der Waals surface area contributed by atoms with Crippen molar-refractivity contribution in [2.45, 2.75) is 105 Å². The molecule has 0 saturated heterocycles. The zero-order valence-electron chi connectivity index (χ0n) is 20.5. The van der Waals surface area contributed by atoms with Crippen LogP contribution in [-0.4, -0.2) is 11.2 Å². The predicted octanol–water partition coefficient (Wildman–Crippen LogP) is 7.87. The lowest BCUT2D eigenvalue weighted by molar-refractivity contribution is 0.0340. The van der Waals surface area contributed by atoms with E-state index in [1.807, 2.05) is 0 Å². The predicted molar refractivity (Wildman–Crippen MR) is 128 cm³/mol. The van der Waals surface area contributed by atoms with Crippen LogP contribution in [0.1, 0.15) is 99.3 Å². The van der Waals surface area contributed by atoms with Gasteiger partial charge in [0.2, 0.25) is 0 Å². The Kier molecular flexibility index (Phi) is 6.17. The molecule has 3 fully saturated rings. The van der Waals surface area contributed by atoms with E-state index in [1.54, 1.807) is 11.1 Å². The van der Waals surface area contributed by atoms with Crippen LogP contribution in [0.2, 0.25) is 0 Å². The van der Waals surface area contributed by atoms with Gasteiger partial charge >= 0.3 is 0 Å². The quantitative estimate of drug-likeness (QED) is 0.457. The molecule has 0 aromatic heterocycles. The van der Waals surface area contributed by atoms with Gasteiger partial charge in [-0.1, -0.05) is 76.5 Å². The van der Waals surface area contributed by atoms with Gasteiger partial charge in [-0.2, -0.15) is 0 Å². The van der Waals surface area contributed by atoms with E-state index < -0.39 is 0 Å². The Hall–Kier alpha value is -0.820. The smallest absolute Gasteiger partial charge is 0.0578 e. The molecule has 30 heavy (non-hydrogen) atoms. The van der Waals surface area contributed by atoms with Gasteiger partial charge in [0.1, 0.15) is 0 Å². The molecule has 168 valence electrons. The molecule has 4 rings (SSSR count). The number of hydrogen-bond donors (Lipinski definition) is 1. The lowest BCUT2D eigenvalue weighted by atomic mass is 9.50. The fourth-order valence-corrected chi connectivity index (χ4v) is 8.25. The number of hydrogen-bond acceptors (Lipinski definition) is 1. The molecular weight excluding hydrogens is 364 g/mol. The van der Waals surface area contributed by atoms with Crippen LogP contribution >= 0.6 is 0 Å². The van der Waals surface area contributed by atoms with Crippen LogP contribution in [0.25, 0.3) is 0 Å². The summed E-state index contributed by atoms with van der Waals surface area (Å²) in [6.45, 7) is 14.7. The highest BCUT2D eigenvalue weighted by molar-refractivity contribution is 5.38. The van der Waals surface area contributed by atoms with Gasteiger partial charge in [0.25, 0.3) is 0 Å². The maximum Gasteiger partial charge on any atom is 0.0578 e. The molecule has 1 nitrogen and oxygen atoms in total. The van der Waals surface area contributed by atoms with Crippen LogP contribution in [0.5, 0.6) is 0 Å². The normalized spacial score (nSPS) is 42.2. The Morgan fingerprint density at radius 2 is 1.83 bits per heavy atom. The van der Waals surface area contributed by atoms with Crippen molar-refractivity contribution in [3.63, 3.8) is 0 Å². The molecule has 0 aromatic carbocycles. The minimum atomic E-state index is -0.114. The minimum Gasteiger partial charge on any atom is -0.393 e. The van der Waals surface area contributed by atoms with Crippen molar-refractivity contribution < 1.29 is 5.11 Å². The number of allylic oxidation sites excluding steroid dienone is 5. The van der Waals surface area contributed by atoms with Gasteiger partial charge < -0.3 is 5.11 Å². The van der Waals surface area contributed by atoms with Crippen molar-refractivity contribution in [3.8, 4) is 0 Å². The number of rotatable bonds is 5. The zero-order valence-corrected chi connectivity index (χ0v) is 20.5. The maximum absolute atomic E-state index is 10.2. The van der Waals surface area contributed by atoms with Gasteiger partial charge in [-0.3, -0.25) is 0 Å². The SMILES string of the molecule is CC/C(=C/C[C@@H](C)[C@H]1CC[C@H]2C3=CC=C4C[C@@H](O)CC[C@]4(C)[C@H]3CC[C@]12C)C(C)C. The molecular formula is C29H46O. The van der Waals surface area contributed by atoms with E-state index in [1.165, 1.54) is 50.5 Å². The Bertz CT molecular complexity index is 739. The van der Waals surface area contributed by atoms with E-state index in [4.69, 9.17) is 0 Å². The van der Waals surface area contributed by atoms with E-state index in [0.29, 0.717) is 16.7 Å². The fourth-order valence-electron chi connectivity index (χ4n) is 8.25. The summed E-state index contributed by atoms with van der Waals surface area (Å²) >= 11 is 0. The van der Waals surface area contributed by atoms with Gasteiger partial charge in [0.15, 0.2) is 0 Å². The van der Waals surface area contributed by atoms with Crippen LogP contribution in [0.3, 0.4) is 0 Å². The first kappa shape index (κ1) is 22.4. The Labute approximate surface area is 186 Å². The Balaban J connectivity index is 1.55. The summed E-state index contributed by atoms with van der Waals surface area (Å²) in [6, 6.07) is 0. The molecule has 4 aliphatic rings. The molecule has 3 saturated carbocycles. The molecule has 0 amide bonds. The summed E-state index contributed by atoms with van der Waals surface area (Å²) in [6.07, 6.45) is 18.5. The Morgan fingerprint density at radius 1 is 1.07 bits per heavy atom. The van der Waals surface area contributed by atoms with Crippen molar-refractivity contribution in [1.29, 1.82) is 0 Å². The second-order valence-corrected chi connectivity index (χ2v) is 12.0. The average Bonchev–Trinajstić information content (AvgIpc) is 3.06. The van der Waals surface area contributed by atoms with Crippen LogP contribution in [0.15, 0.2) is 34.9 Å². The third-order valence-electron chi connectivity index (χ3n) is 10.2. The van der Waals surface area contributed by atoms with Crippen molar-refractivity contribution in [3.05, 3.63) is 34.9 Å². The van der Waals surface area contributed by atoms with Gasteiger partial charge in [0.05, 0.1) is 6.10 Å². The number of aliphatic hydroxyl groups excluding tert-OH is 1. The van der Waals surface area contributed by atoms with E-state index in [9.17, 15) is 5.11 Å². The van der Waals surface area contributed by atoms with Crippen molar-refractivity contribution in [1.82, 2.24) is 0 Å². The fraction of sp³-hybridized carbons (Fsp3) is 0.793. The number of aliphatic hydroxyl groups is 1. The summed E-state index contributed by atoms with van der Waals surface area (Å²) in [5.41, 5.74) is 5.76. The van der Waals surface area contributed by atoms with Crippen LogP contribution in [-0.2, 0) is 0 Å². The van der Waals surface area contributed by atoms with E-state index >= 15 is 0 Å². The second kappa shape index (κ2) is 8.27. The first-order valence-corrected chi connectivity index (χ1v) is 13.0. The topological polar surface area (TPSA) is 20.2 Å². The van der Waals surface area contributed by atoms with Gasteiger partial charge in [-0.05, 0) is 98.2 Å². The monoisotopic (exact) mass is 410 g/mol. The van der Waals surface area contributed by atoms with E-state index in [-0.39, 0.29) is 6.10 Å². The largest absolute Gasteiger partial charge is 0.393 e. The van der Waals surface area contributed by atoms with Crippen molar-refractivity contribution in [2.24, 2.45) is 40.4 Å². The standard InChI is InChI=1S/C29H46O/c1-7-21(19(2)3)9-8-20(4)25-12-13-26-24-11-10-22-18-23(30)14-16-28(22,5)27(24)15-17-29(25,26)6/h9-11,19-20,23,25-27,30H,7-8,12-18H2,1-6H3/b21-9-/t20-,23+,25-,26+,27+,28+,29-/m1/s1. The lowest BCUT2D eigenvalue weighted by Gasteiger charge is -2.55. The van der Waals surface area contributed by atoms with Crippen molar-refractivity contribution in [2.75, 3.05) is 0 Å². The van der Waals surface area contributed by atoms with Gasteiger partial charge in [-0.25, -0.2) is 0 Å². The summed E-state index contributed by atoms with van der Waals surface area (Å²) in [4.78, 5) is 0. The second-order valence-electron chi connectivity index (χ2n) is 12.0. The Morgan fingerprint density at radius 3 is 2.53 bits per heavy atom. The molecule has 7 atom stereocenters. The molecule has 4 aliphatic carbocycles. The molecule has 0 unspecified atom stereocenters. The average molecular weight is 411 g/mol. The van der Waals surface area contributed by atoms with Crippen LogP contribution < -0.4 is 0 Å². The first-order valence-electron chi connectivity index (χ1n) is 13.0. The minimum absolute atomic E-state index is 0.114. The van der Waals surface area contributed by atoms with E-state index in [2.05, 4.69) is 59.8 Å². The van der Waals surface area contributed by atoms with Crippen molar-refractivity contribution >= 4 is 0 Å². The third kappa shape index (κ3) is 3.58. The van der Waals surface area contributed by atoms with Gasteiger partial charge in [0, 0.05) is 0 Å².